The molecule has 0 bridgehead atoms. The molecule has 0 aromatic heterocycles. The fraction of sp³-hybridized carbons (Fsp3) is 0.321. The molecular formula is C28H33N3O3. The lowest BCUT2D eigenvalue weighted by Crippen LogP contribution is -2.52. The number of rotatable bonds is 10. The van der Waals surface area contributed by atoms with Crippen LogP contribution >= 0.6 is 0 Å². The summed E-state index contributed by atoms with van der Waals surface area (Å²) in [4.78, 5) is 13.3. The van der Waals surface area contributed by atoms with Crippen LogP contribution in [0.1, 0.15) is 28.3 Å². The Morgan fingerprint density at radius 1 is 0.912 bits per heavy atom. The molecule has 3 aromatic rings. The zero-order valence-electron chi connectivity index (χ0n) is 19.2. The van der Waals surface area contributed by atoms with E-state index in [-0.39, 0.29) is 12.5 Å². The molecule has 0 spiro atoms. The molecule has 4 rings (SSSR count). The second kappa shape index (κ2) is 11.4. The van der Waals surface area contributed by atoms with Crippen molar-refractivity contribution in [3.05, 3.63) is 107 Å². The van der Waals surface area contributed by atoms with Crippen molar-refractivity contribution >= 4 is 5.91 Å². The average molecular weight is 460 g/mol. The van der Waals surface area contributed by atoms with Crippen molar-refractivity contribution in [2.75, 3.05) is 6.54 Å². The molecule has 1 aliphatic rings. The van der Waals surface area contributed by atoms with Crippen molar-refractivity contribution in [2.24, 2.45) is 5.73 Å². The Morgan fingerprint density at radius 2 is 1.50 bits per heavy atom. The summed E-state index contributed by atoms with van der Waals surface area (Å²) in [5, 5.41) is 27.5. The lowest BCUT2D eigenvalue weighted by Gasteiger charge is -2.26. The molecule has 6 N–H and O–H groups in total. The van der Waals surface area contributed by atoms with Gasteiger partial charge >= 0.3 is 0 Å². The third kappa shape index (κ3) is 6.10. The van der Waals surface area contributed by atoms with Gasteiger partial charge in [-0.2, -0.15) is 0 Å². The maximum absolute atomic E-state index is 13.3. The first-order chi connectivity index (χ1) is 16.5. The zero-order valence-corrected chi connectivity index (χ0v) is 19.2. The van der Waals surface area contributed by atoms with Gasteiger partial charge in [0.1, 0.15) is 0 Å². The first kappa shape index (κ1) is 24.1. The molecule has 0 saturated heterocycles. The third-order valence-electron chi connectivity index (χ3n) is 6.48. The smallest absolute Gasteiger partial charge is 0.238 e. The van der Waals surface area contributed by atoms with Crippen LogP contribution in [-0.2, 0) is 24.1 Å². The van der Waals surface area contributed by atoms with Crippen LogP contribution in [0.3, 0.4) is 0 Å². The number of hydrogen-bond acceptors (Lipinski definition) is 5. The molecule has 0 radical (unpaired) electrons. The summed E-state index contributed by atoms with van der Waals surface area (Å²) >= 11 is 0. The normalized spacial score (nSPS) is 19.7. The highest BCUT2D eigenvalue weighted by atomic mass is 16.3. The van der Waals surface area contributed by atoms with E-state index in [0.29, 0.717) is 19.3 Å². The standard InChI is InChI=1S/C28H33N3O3/c29-23(15-19-9-3-1-4-10-19)26(33)18-30-24(16-20-11-5-2-6-12-20)28(34)31-27-22-14-8-7-13-21(22)17-25(27)32/h1-14,23-27,30,32-33H,15-18,29H2,(H,31,34)/t23-,24-,25+,26+,27-/m0/s1. The van der Waals surface area contributed by atoms with Crippen molar-refractivity contribution in [1.29, 1.82) is 0 Å². The Hall–Kier alpha value is -3.03. The topological polar surface area (TPSA) is 108 Å². The minimum atomic E-state index is -0.816. The molecule has 5 atom stereocenters. The van der Waals surface area contributed by atoms with Gasteiger partial charge in [-0.05, 0) is 35.1 Å². The van der Waals surface area contributed by atoms with Crippen LogP contribution in [-0.4, -0.2) is 47.0 Å². The van der Waals surface area contributed by atoms with Crippen molar-refractivity contribution in [1.82, 2.24) is 10.6 Å². The quantitative estimate of drug-likeness (QED) is 0.318. The molecule has 1 aliphatic carbocycles. The summed E-state index contributed by atoms with van der Waals surface area (Å²) in [6.07, 6.45) is 0.0419. The summed E-state index contributed by atoms with van der Waals surface area (Å²) in [5.74, 6) is -0.214. The van der Waals surface area contributed by atoms with E-state index in [9.17, 15) is 15.0 Å². The lowest BCUT2D eigenvalue weighted by molar-refractivity contribution is -0.124. The number of fused-ring (bicyclic) bond motifs is 1. The first-order valence-electron chi connectivity index (χ1n) is 11.8. The van der Waals surface area contributed by atoms with E-state index in [2.05, 4.69) is 10.6 Å². The van der Waals surface area contributed by atoms with Crippen molar-refractivity contribution < 1.29 is 15.0 Å². The van der Waals surface area contributed by atoms with Gasteiger partial charge in [0.25, 0.3) is 0 Å². The highest BCUT2D eigenvalue weighted by Crippen LogP contribution is 2.31. The van der Waals surface area contributed by atoms with Gasteiger partial charge in [-0.25, -0.2) is 0 Å². The lowest BCUT2D eigenvalue weighted by atomic mass is 10.0. The molecule has 0 saturated carbocycles. The number of aliphatic hydroxyl groups is 2. The molecular weight excluding hydrogens is 426 g/mol. The number of benzene rings is 3. The van der Waals surface area contributed by atoms with E-state index in [0.717, 1.165) is 22.3 Å². The fourth-order valence-corrected chi connectivity index (χ4v) is 4.55. The van der Waals surface area contributed by atoms with Gasteiger partial charge in [0, 0.05) is 19.0 Å². The number of carbonyl (C=O) groups is 1. The van der Waals surface area contributed by atoms with Crippen LogP contribution in [0.15, 0.2) is 84.9 Å². The predicted octanol–water partition coefficient (Wildman–Crippen LogP) is 1.89. The van der Waals surface area contributed by atoms with Gasteiger partial charge in [0.05, 0.1) is 24.3 Å². The maximum Gasteiger partial charge on any atom is 0.238 e. The molecule has 1 amide bonds. The van der Waals surface area contributed by atoms with Crippen molar-refractivity contribution in [3.63, 3.8) is 0 Å². The number of carbonyl (C=O) groups excluding carboxylic acids is 1. The monoisotopic (exact) mass is 459 g/mol. The zero-order chi connectivity index (χ0) is 23.9. The molecule has 0 unspecified atom stereocenters. The van der Waals surface area contributed by atoms with E-state index in [1.807, 2.05) is 84.9 Å². The number of aliphatic hydroxyl groups excluding tert-OH is 2. The Morgan fingerprint density at radius 3 is 2.18 bits per heavy atom. The van der Waals surface area contributed by atoms with Gasteiger partial charge in [-0.3, -0.25) is 4.79 Å². The summed E-state index contributed by atoms with van der Waals surface area (Å²) in [5.41, 5.74) is 10.3. The molecule has 178 valence electrons. The van der Waals surface area contributed by atoms with Crippen LogP contribution in [0.4, 0.5) is 0 Å². The minimum absolute atomic E-state index is 0.183. The van der Waals surface area contributed by atoms with Crippen LogP contribution in [0.5, 0.6) is 0 Å². The maximum atomic E-state index is 13.3. The van der Waals surface area contributed by atoms with Gasteiger partial charge in [0.15, 0.2) is 0 Å². The molecule has 3 aromatic carbocycles. The van der Waals surface area contributed by atoms with E-state index in [4.69, 9.17) is 5.73 Å². The van der Waals surface area contributed by atoms with Crippen LogP contribution in [0.25, 0.3) is 0 Å². The summed E-state index contributed by atoms with van der Waals surface area (Å²) in [6, 6.07) is 25.8. The van der Waals surface area contributed by atoms with Gasteiger partial charge < -0.3 is 26.6 Å². The van der Waals surface area contributed by atoms with E-state index in [1.54, 1.807) is 0 Å². The average Bonchev–Trinajstić information content (AvgIpc) is 3.17. The van der Waals surface area contributed by atoms with Gasteiger partial charge in [0.2, 0.25) is 5.91 Å². The Balaban J connectivity index is 1.42. The SMILES string of the molecule is N[C@@H](Cc1ccccc1)[C@H](O)CN[C@@H](Cc1ccccc1)C(=O)N[C@H]1c2ccccc2C[C@H]1O. The second-order valence-electron chi connectivity index (χ2n) is 9.03. The summed E-state index contributed by atoms with van der Waals surface area (Å²) in [7, 11) is 0. The molecule has 34 heavy (non-hydrogen) atoms. The van der Waals surface area contributed by atoms with Crippen molar-refractivity contribution in [3.8, 4) is 0 Å². The number of nitrogens with one attached hydrogen (secondary N) is 2. The van der Waals surface area contributed by atoms with Crippen LogP contribution < -0.4 is 16.4 Å². The van der Waals surface area contributed by atoms with E-state index >= 15 is 0 Å². The fourth-order valence-electron chi connectivity index (χ4n) is 4.55. The van der Waals surface area contributed by atoms with E-state index in [1.165, 1.54) is 0 Å². The molecule has 0 fully saturated rings. The minimum Gasteiger partial charge on any atom is -0.390 e. The van der Waals surface area contributed by atoms with Crippen molar-refractivity contribution in [2.45, 2.75) is 49.6 Å². The predicted molar refractivity (Wildman–Crippen MR) is 133 cm³/mol. The molecule has 0 heterocycles. The second-order valence-corrected chi connectivity index (χ2v) is 9.03. The summed E-state index contributed by atoms with van der Waals surface area (Å²) in [6.45, 7) is 0.183. The Kier molecular flexibility index (Phi) is 8.08. The first-order valence-corrected chi connectivity index (χ1v) is 11.8. The summed E-state index contributed by atoms with van der Waals surface area (Å²) < 4.78 is 0. The van der Waals surface area contributed by atoms with Gasteiger partial charge in [-0.15, -0.1) is 0 Å². The molecule has 0 aliphatic heterocycles. The number of hydrogen-bond donors (Lipinski definition) is 5. The van der Waals surface area contributed by atoms with Crippen LogP contribution in [0, 0.1) is 0 Å². The Labute approximate surface area is 200 Å². The highest BCUT2D eigenvalue weighted by molar-refractivity contribution is 5.82. The largest absolute Gasteiger partial charge is 0.390 e. The molecule has 6 heteroatoms. The third-order valence-corrected chi connectivity index (χ3v) is 6.48. The number of nitrogens with two attached hydrogens (primary N) is 1. The van der Waals surface area contributed by atoms with Gasteiger partial charge in [-0.1, -0.05) is 84.9 Å². The Bertz CT molecular complexity index is 1060. The highest BCUT2D eigenvalue weighted by Gasteiger charge is 2.33. The number of amides is 1. The van der Waals surface area contributed by atoms with Crippen LogP contribution in [0.2, 0.25) is 0 Å². The van der Waals surface area contributed by atoms with E-state index < -0.39 is 30.3 Å². The molecule has 6 nitrogen and oxygen atoms in total.